The van der Waals surface area contributed by atoms with Crippen LogP contribution in [-0.2, 0) is 22.3 Å². The number of nitrogens with zero attached hydrogens (tertiary/aromatic N) is 3. The van der Waals surface area contributed by atoms with Crippen LogP contribution in [0.2, 0.25) is 0 Å². The molecule has 2 atom stereocenters. The summed E-state index contributed by atoms with van der Waals surface area (Å²) in [5.41, 5.74) is 3.94. The van der Waals surface area contributed by atoms with E-state index in [0.29, 0.717) is 18.5 Å². The molecule has 12 heteroatoms. The number of carbonyl (C=O) groups is 2. The Balaban J connectivity index is 1.57. The normalized spacial score (nSPS) is 21.8. The summed E-state index contributed by atoms with van der Waals surface area (Å²) < 4.78 is 55.7. The van der Waals surface area contributed by atoms with Crippen molar-refractivity contribution < 1.29 is 36.7 Å². The lowest BCUT2D eigenvalue weighted by Gasteiger charge is -2.40. The van der Waals surface area contributed by atoms with Gasteiger partial charge in [0.25, 0.3) is 5.91 Å². The third kappa shape index (κ3) is 3.02. The van der Waals surface area contributed by atoms with Crippen LogP contribution in [0.5, 0.6) is 5.75 Å². The van der Waals surface area contributed by atoms with Gasteiger partial charge in [-0.2, -0.15) is 13.2 Å². The minimum Gasteiger partial charge on any atom is -0.494 e. The average Bonchev–Trinajstić information content (AvgIpc) is 3.21. The topological polar surface area (TPSA) is 121 Å². The number of hydrogen-bond donors (Lipinski definition) is 1. The average molecular weight is 476 g/mol. The number of oxazole rings is 1. The van der Waals surface area contributed by atoms with E-state index in [0.717, 1.165) is 6.07 Å². The number of amides is 1. The van der Waals surface area contributed by atoms with E-state index < -0.39 is 29.4 Å². The third-order valence-corrected chi connectivity index (χ3v) is 6.34. The Kier molecular flexibility index (Phi) is 4.92. The molecule has 1 saturated heterocycles. The fourth-order valence-corrected chi connectivity index (χ4v) is 4.49. The van der Waals surface area contributed by atoms with Crippen molar-refractivity contribution in [1.82, 2.24) is 14.9 Å². The number of methoxy groups -OCH3 is 2. The van der Waals surface area contributed by atoms with Gasteiger partial charge in [0.2, 0.25) is 5.89 Å². The number of likely N-dealkylation sites (tertiary alicyclic amines) is 1. The summed E-state index contributed by atoms with van der Waals surface area (Å²) in [6.45, 7) is 0.202. The number of fused-ring (bicyclic) bond motifs is 1. The van der Waals surface area contributed by atoms with E-state index in [1.54, 1.807) is 6.07 Å². The highest BCUT2D eigenvalue weighted by Crippen LogP contribution is 2.50. The van der Waals surface area contributed by atoms with Gasteiger partial charge >= 0.3 is 6.18 Å². The lowest BCUT2D eigenvalue weighted by atomic mass is 9.98. The van der Waals surface area contributed by atoms with Gasteiger partial charge in [-0.25, -0.2) is 9.97 Å². The maximum Gasteiger partial charge on any atom is 0.433 e. The van der Waals surface area contributed by atoms with Gasteiger partial charge in [-0.1, -0.05) is 0 Å². The molecule has 0 bridgehead atoms. The Bertz CT molecular complexity index is 1340. The van der Waals surface area contributed by atoms with E-state index in [1.807, 2.05) is 0 Å². The first-order chi connectivity index (χ1) is 16.2. The molecule has 1 spiro atoms. The number of ether oxygens (including phenoxy) is 2. The van der Waals surface area contributed by atoms with Crippen molar-refractivity contribution in [2.45, 2.75) is 30.8 Å². The van der Waals surface area contributed by atoms with Crippen molar-refractivity contribution in [2.75, 3.05) is 20.8 Å². The molecule has 2 unspecified atom stereocenters. The molecule has 5 rings (SSSR count). The minimum absolute atomic E-state index is 0.0157. The number of nitrogens with two attached hydrogens (primary N) is 1. The Hall–Kier alpha value is -3.51. The molecule has 1 aliphatic carbocycles. The summed E-state index contributed by atoms with van der Waals surface area (Å²) in [4.78, 5) is 34.9. The molecule has 2 aliphatic rings. The van der Waals surface area contributed by atoms with Crippen molar-refractivity contribution in [2.24, 2.45) is 5.73 Å². The summed E-state index contributed by atoms with van der Waals surface area (Å²) in [7, 11) is 2.73. The van der Waals surface area contributed by atoms with E-state index in [9.17, 15) is 22.8 Å². The van der Waals surface area contributed by atoms with E-state index in [1.165, 1.54) is 31.3 Å². The molecule has 2 N–H and O–H groups in total. The molecule has 9 nitrogen and oxygen atoms in total. The third-order valence-electron chi connectivity index (χ3n) is 6.34. The van der Waals surface area contributed by atoms with Gasteiger partial charge in [0.05, 0.1) is 13.7 Å². The summed E-state index contributed by atoms with van der Waals surface area (Å²) in [5.74, 6) is -0.483. The molecule has 1 aliphatic heterocycles. The largest absolute Gasteiger partial charge is 0.494 e. The molecule has 1 aromatic carbocycles. The maximum absolute atomic E-state index is 13.2. The monoisotopic (exact) mass is 476 g/mol. The fourth-order valence-electron chi connectivity index (χ4n) is 4.49. The van der Waals surface area contributed by atoms with Crippen LogP contribution in [-0.4, -0.2) is 59.0 Å². The SMILES string of the molecule is COc1ccc(-c2nc(C(=O)N3CCC34C(=O)C4OC)c(CN)o2)c2ccc(C(F)(F)F)nc12. The number of rotatable bonds is 5. The smallest absolute Gasteiger partial charge is 0.433 e. The first kappa shape index (κ1) is 22.3. The number of pyridine rings is 1. The molecule has 3 heterocycles. The second-order valence-electron chi connectivity index (χ2n) is 8.01. The minimum atomic E-state index is -4.64. The van der Waals surface area contributed by atoms with Crippen LogP contribution in [0.3, 0.4) is 0 Å². The van der Waals surface area contributed by atoms with Crippen LogP contribution in [0.15, 0.2) is 28.7 Å². The number of ketones is 1. The predicted octanol–water partition coefficient (Wildman–Crippen LogP) is 2.56. The van der Waals surface area contributed by atoms with Gasteiger partial charge in [-0.3, -0.25) is 9.59 Å². The molecular formula is C22H19F3N4O5. The molecule has 1 amide bonds. The molecule has 2 aromatic heterocycles. The molecule has 178 valence electrons. The molecule has 34 heavy (non-hydrogen) atoms. The number of aromatic nitrogens is 2. The van der Waals surface area contributed by atoms with Crippen molar-refractivity contribution in [1.29, 1.82) is 0 Å². The van der Waals surface area contributed by atoms with E-state index in [2.05, 4.69) is 9.97 Å². The van der Waals surface area contributed by atoms with Crippen LogP contribution in [0.25, 0.3) is 22.4 Å². The second kappa shape index (κ2) is 7.50. The number of halogens is 3. The Morgan fingerprint density at radius 2 is 2.03 bits per heavy atom. The summed E-state index contributed by atoms with van der Waals surface area (Å²) in [6, 6.07) is 5.08. The standard InChI is InChI=1S/C22H19F3N4O5/c1-32-12-5-3-11(10-4-6-14(22(23,24)25)27-15(10)12)19-28-16(13(9-26)34-19)20(31)29-8-7-21(29)17(30)18(21)33-2/h3-6,18H,7-9,26H2,1-2H3. The number of Topliss-reactive ketones (excluding diaryl/α,β-unsaturated/α-hetero) is 1. The van der Waals surface area contributed by atoms with Gasteiger partial charge < -0.3 is 24.5 Å². The van der Waals surface area contributed by atoms with E-state index in [-0.39, 0.29) is 46.3 Å². The van der Waals surface area contributed by atoms with Crippen LogP contribution >= 0.6 is 0 Å². The number of hydrogen-bond acceptors (Lipinski definition) is 8. The van der Waals surface area contributed by atoms with Crippen LogP contribution in [0.4, 0.5) is 13.2 Å². The highest BCUT2D eigenvalue weighted by molar-refractivity contribution is 6.16. The quantitative estimate of drug-likeness (QED) is 0.597. The van der Waals surface area contributed by atoms with Crippen molar-refractivity contribution in [3.8, 4) is 17.2 Å². The number of benzene rings is 1. The molecule has 3 aromatic rings. The molecule has 0 radical (unpaired) electrons. The predicted molar refractivity (Wildman–Crippen MR) is 111 cm³/mol. The fraction of sp³-hybridized carbons (Fsp3) is 0.364. The van der Waals surface area contributed by atoms with Crippen LogP contribution in [0.1, 0.15) is 28.4 Å². The molecular weight excluding hydrogens is 457 g/mol. The Labute approximate surface area is 190 Å². The summed E-state index contributed by atoms with van der Waals surface area (Å²) in [5, 5.41) is 0.286. The van der Waals surface area contributed by atoms with E-state index >= 15 is 0 Å². The number of alkyl halides is 3. The highest BCUT2D eigenvalue weighted by Gasteiger charge is 2.75. The zero-order chi connectivity index (χ0) is 24.4. The van der Waals surface area contributed by atoms with E-state index in [4.69, 9.17) is 19.6 Å². The highest BCUT2D eigenvalue weighted by atomic mass is 19.4. The van der Waals surface area contributed by atoms with Gasteiger partial charge in [0.15, 0.2) is 17.2 Å². The lowest BCUT2D eigenvalue weighted by molar-refractivity contribution is -0.141. The Morgan fingerprint density at radius 3 is 2.59 bits per heavy atom. The first-order valence-corrected chi connectivity index (χ1v) is 10.3. The molecule has 1 saturated carbocycles. The number of carbonyl (C=O) groups excluding carboxylic acids is 2. The van der Waals surface area contributed by atoms with Gasteiger partial charge in [-0.15, -0.1) is 0 Å². The maximum atomic E-state index is 13.2. The van der Waals surface area contributed by atoms with Gasteiger partial charge in [0.1, 0.15) is 28.6 Å². The second-order valence-corrected chi connectivity index (χ2v) is 8.01. The lowest BCUT2D eigenvalue weighted by Crippen LogP contribution is -2.56. The van der Waals surface area contributed by atoms with Gasteiger partial charge in [-0.05, 0) is 30.7 Å². The zero-order valence-electron chi connectivity index (χ0n) is 18.1. The Morgan fingerprint density at radius 1 is 1.26 bits per heavy atom. The van der Waals surface area contributed by atoms with Gasteiger partial charge in [0, 0.05) is 24.6 Å². The zero-order valence-corrected chi connectivity index (χ0v) is 18.1. The first-order valence-electron chi connectivity index (χ1n) is 10.3. The van der Waals surface area contributed by atoms with Crippen molar-refractivity contribution >= 4 is 22.6 Å². The summed E-state index contributed by atoms with van der Waals surface area (Å²) in [6.07, 6.45) is -4.81. The van der Waals surface area contributed by atoms with Crippen LogP contribution < -0.4 is 10.5 Å². The van der Waals surface area contributed by atoms with Crippen molar-refractivity contribution in [3.63, 3.8) is 0 Å². The molecule has 2 fully saturated rings. The van der Waals surface area contributed by atoms with Crippen molar-refractivity contribution in [3.05, 3.63) is 41.4 Å². The summed E-state index contributed by atoms with van der Waals surface area (Å²) >= 11 is 0. The van der Waals surface area contributed by atoms with Crippen LogP contribution in [0, 0.1) is 0 Å².